The number of hydrogen-bond donors (Lipinski definition) is 0. The summed E-state index contributed by atoms with van der Waals surface area (Å²) >= 11 is 0. The predicted molar refractivity (Wildman–Crippen MR) is 98.4 cm³/mol. The van der Waals surface area contributed by atoms with Gasteiger partial charge in [-0.2, -0.15) is 0 Å². The van der Waals surface area contributed by atoms with E-state index in [1.807, 2.05) is 0 Å². The minimum Gasteiger partial charge on any atom is -0.439 e. The number of nitrogens with zero attached hydrogens (tertiary/aromatic N) is 1. The van der Waals surface area contributed by atoms with Crippen molar-refractivity contribution in [2.24, 2.45) is 47.3 Å². The van der Waals surface area contributed by atoms with Crippen molar-refractivity contribution in [3.63, 3.8) is 0 Å². The first-order valence-electron chi connectivity index (χ1n) is 11.0. The maximum Gasteiger partial charge on any atom is 0.343 e. The van der Waals surface area contributed by atoms with Crippen LogP contribution in [0.25, 0.3) is 0 Å². The zero-order valence-corrected chi connectivity index (χ0v) is 16.2. The number of para-hydroxylation sites is 1. The van der Waals surface area contributed by atoms with Crippen molar-refractivity contribution in [2.45, 2.75) is 31.2 Å². The molecule has 3 heterocycles. The molecule has 1 aromatic rings. The van der Waals surface area contributed by atoms with Crippen LogP contribution < -0.4 is 4.74 Å². The maximum atomic E-state index is 13.5. The van der Waals surface area contributed by atoms with E-state index < -0.39 is 11.7 Å². The molecule has 5 saturated carbocycles. The van der Waals surface area contributed by atoms with Gasteiger partial charge in [-0.1, -0.05) is 12.1 Å². The smallest absolute Gasteiger partial charge is 0.343 e. The SMILES string of the molecule is CC(=O)Oc1ccccc1C(=O)OC12C3C4CC5C6C4C1C6C1(OCCCN12)C53. The summed E-state index contributed by atoms with van der Waals surface area (Å²) in [4.78, 5) is 27.5. The van der Waals surface area contributed by atoms with E-state index >= 15 is 0 Å². The summed E-state index contributed by atoms with van der Waals surface area (Å²) in [6, 6.07) is 6.92. The molecular formula is C23H23NO5. The molecule has 0 N–H and O–H groups in total. The van der Waals surface area contributed by atoms with Crippen molar-refractivity contribution in [3.8, 4) is 5.75 Å². The lowest BCUT2D eigenvalue weighted by Gasteiger charge is -2.47. The van der Waals surface area contributed by atoms with Crippen LogP contribution in [0.2, 0.25) is 0 Å². The second-order valence-electron chi connectivity index (χ2n) is 10.2. The summed E-state index contributed by atoms with van der Waals surface area (Å²) in [7, 11) is 0. The molecule has 9 rings (SSSR count). The van der Waals surface area contributed by atoms with Gasteiger partial charge in [0.15, 0.2) is 5.72 Å². The second kappa shape index (κ2) is 4.54. The van der Waals surface area contributed by atoms with E-state index in [-0.39, 0.29) is 17.4 Å². The van der Waals surface area contributed by atoms with Gasteiger partial charge in [-0.05, 0) is 48.6 Å². The van der Waals surface area contributed by atoms with Crippen LogP contribution in [0.3, 0.4) is 0 Å². The predicted octanol–water partition coefficient (Wildman–Crippen LogP) is 2.28. The zero-order chi connectivity index (χ0) is 19.3. The van der Waals surface area contributed by atoms with E-state index in [0.717, 1.165) is 37.3 Å². The molecule has 3 aliphatic heterocycles. The van der Waals surface area contributed by atoms with E-state index in [2.05, 4.69) is 4.90 Å². The van der Waals surface area contributed by atoms with Crippen LogP contribution in [0, 0.1) is 47.3 Å². The Kier molecular flexibility index (Phi) is 2.49. The third kappa shape index (κ3) is 1.34. The van der Waals surface area contributed by atoms with Crippen LogP contribution in [-0.4, -0.2) is 41.4 Å². The maximum absolute atomic E-state index is 13.5. The monoisotopic (exact) mass is 393 g/mol. The van der Waals surface area contributed by atoms with Crippen molar-refractivity contribution < 1.29 is 23.8 Å². The molecule has 5 aliphatic carbocycles. The highest BCUT2D eigenvalue weighted by Gasteiger charge is 3.00. The summed E-state index contributed by atoms with van der Waals surface area (Å²) in [5.74, 6) is 4.39. The number of benzene rings is 1. The van der Waals surface area contributed by atoms with Crippen molar-refractivity contribution in [1.29, 1.82) is 0 Å². The summed E-state index contributed by atoms with van der Waals surface area (Å²) in [5.41, 5.74) is -0.333. The topological polar surface area (TPSA) is 65.1 Å². The minimum atomic E-state index is -0.507. The Bertz CT molecular complexity index is 1010. The number of ether oxygens (including phenoxy) is 3. The van der Waals surface area contributed by atoms with Crippen molar-refractivity contribution >= 4 is 11.9 Å². The first kappa shape index (κ1) is 15.9. The normalized spacial score (nSPS) is 53.4. The molecule has 4 bridgehead atoms. The number of hydrogen-bond acceptors (Lipinski definition) is 6. The number of rotatable bonds is 3. The molecule has 150 valence electrons. The highest BCUT2D eigenvalue weighted by atomic mass is 16.6. The molecule has 1 spiro atoms. The average molecular weight is 393 g/mol. The van der Waals surface area contributed by atoms with Gasteiger partial charge in [0.1, 0.15) is 17.0 Å². The first-order chi connectivity index (χ1) is 14.1. The molecule has 6 nitrogen and oxygen atoms in total. The van der Waals surface area contributed by atoms with Gasteiger partial charge in [-0.15, -0.1) is 0 Å². The Labute approximate surface area is 168 Å². The van der Waals surface area contributed by atoms with Crippen LogP contribution in [0.1, 0.15) is 30.1 Å². The third-order valence-electron chi connectivity index (χ3n) is 9.73. The summed E-state index contributed by atoms with van der Waals surface area (Å²) in [5, 5.41) is 0. The largest absolute Gasteiger partial charge is 0.439 e. The highest BCUT2D eigenvalue weighted by Crippen LogP contribution is 2.94. The molecule has 6 heteroatoms. The fourth-order valence-corrected chi connectivity index (χ4v) is 9.83. The Balaban J connectivity index is 1.24. The minimum absolute atomic E-state index is 0.166. The van der Waals surface area contributed by atoms with E-state index in [1.165, 1.54) is 13.3 Å². The molecule has 3 saturated heterocycles. The van der Waals surface area contributed by atoms with E-state index in [4.69, 9.17) is 14.2 Å². The van der Waals surface area contributed by atoms with Gasteiger partial charge < -0.3 is 14.2 Å². The lowest BCUT2D eigenvalue weighted by Crippen LogP contribution is -2.56. The fraction of sp³-hybridized carbons (Fsp3) is 0.652. The Morgan fingerprint density at radius 3 is 2.76 bits per heavy atom. The zero-order valence-electron chi connectivity index (χ0n) is 16.2. The van der Waals surface area contributed by atoms with Crippen molar-refractivity contribution in [2.75, 3.05) is 13.2 Å². The van der Waals surface area contributed by atoms with Crippen molar-refractivity contribution in [3.05, 3.63) is 29.8 Å². The van der Waals surface area contributed by atoms with Gasteiger partial charge in [0.2, 0.25) is 0 Å². The van der Waals surface area contributed by atoms with Crippen LogP contribution >= 0.6 is 0 Å². The molecular weight excluding hydrogens is 370 g/mol. The van der Waals surface area contributed by atoms with Gasteiger partial charge in [0, 0.05) is 37.1 Å². The van der Waals surface area contributed by atoms with Crippen molar-refractivity contribution in [1.82, 2.24) is 4.90 Å². The molecule has 29 heavy (non-hydrogen) atoms. The molecule has 0 radical (unpaired) electrons. The molecule has 8 aliphatic rings. The first-order valence-corrected chi connectivity index (χ1v) is 11.0. The summed E-state index contributed by atoms with van der Waals surface area (Å²) < 4.78 is 18.5. The molecule has 10 unspecified atom stereocenters. The standard InChI is InChI=1S/C23H23NO5/c1-10(25)28-14-6-3-2-5-11(14)21(26)29-23-18-13-9-12-15-16(13)20(23)19(15)22(17(12)18)24(23)7-4-8-27-22/h2-3,5-6,12-13,15-20H,4,7-9H2,1H3. The Hall–Kier alpha value is -1.92. The molecule has 10 atom stereocenters. The van der Waals surface area contributed by atoms with Crippen LogP contribution in [0.5, 0.6) is 5.75 Å². The number of esters is 2. The molecule has 8 fully saturated rings. The van der Waals surface area contributed by atoms with E-state index in [0.29, 0.717) is 35.2 Å². The van der Waals surface area contributed by atoms with Gasteiger partial charge in [0.05, 0.1) is 6.61 Å². The van der Waals surface area contributed by atoms with E-state index in [9.17, 15) is 9.59 Å². The van der Waals surface area contributed by atoms with Gasteiger partial charge in [-0.25, -0.2) is 9.69 Å². The Morgan fingerprint density at radius 2 is 1.90 bits per heavy atom. The van der Waals surface area contributed by atoms with Gasteiger partial charge in [0.25, 0.3) is 0 Å². The lowest BCUT2D eigenvalue weighted by molar-refractivity contribution is -0.213. The Morgan fingerprint density at radius 1 is 1.10 bits per heavy atom. The summed E-state index contributed by atoms with van der Waals surface area (Å²) in [6.45, 7) is 3.14. The quantitative estimate of drug-likeness (QED) is 0.580. The molecule has 1 aromatic carbocycles. The van der Waals surface area contributed by atoms with Crippen LogP contribution in [0.4, 0.5) is 0 Å². The number of carbonyl (C=O) groups is 2. The highest BCUT2D eigenvalue weighted by molar-refractivity contribution is 5.93. The second-order valence-corrected chi connectivity index (χ2v) is 10.2. The van der Waals surface area contributed by atoms with E-state index in [1.54, 1.807) is 24.3 Å². The third-order valence-corrected chi connectivity index (χ3v) is 9.73. The average Bonchev–Trinajstić information content (AvgIpc) is 3.32. The fourth-order valence-electron chi connectivity index (χ4n) is 9.83. The van der Waals surface area contributed by atoms with Crippen LogP contribution in [-0.2, 0) is 14.3 Å². The van der Waals surface area contributed by atoms with Crippen LogP contribution in [0.15, 0.2) is 24.3 Å². The number of carbonyl (C=O) groups excluding carboxylic acids is 2. The lowest BCUT2D eigenvalue weighted by atomic mass is 9.58. The summed E-state index contributed by atoms with van der Waals surface area (Å²) in [6.07, 6.45) is 2.30. The molecule has 0 aromatic heterocycles. The molecule has 0 amide bonds. The van der Waals surface area contributed by atoms with Gasteiger partial charge in [-0.3, -0.25) is 4.79 Å². The van der Waals surface area contributed by atoms with Gasteiger partial charge >= 0.3 is 11.9 Å².